The van der Waals surface area contributed by atoms with Crippen LogP contribution in [0.5, 0.6) is 0 Å². The highest BCUT2D eigenvalue weighted by Gasteiger charge is 2.00. The SMILES string of the molecule is C[C@H](N)Cc1ccc(Cl)c(I)c1. The second-order valence-corrected chi connectivity index (χ2v) is 4.50. The lowest BCUT2D eigenvalue weighted by atomic mass is 10.1. The molecule has 0 unspecified atom stereocenters. The number of halogens is 2. The molecule has 66 valence electrons. The van der Waals surface area contributed by atoms with Crippen LogP contribution in [0.25, 0.3) is 0 Å². The molecule has 0 amide bonds. The van der Waals surface area contributed by atoms with Gasteiger partial charge in [-0.15, -0.1) is 0 Å². The first kappa shape index (κ1) is 10.3. The molecule has 0 saturated heterocycles. The van der Waals surface area contributed by atoms with Crippen LogP contribution in [0.2, 0.25) is 5.02 Å². The molecule has 1 rings (SSSR count). The minimum Gasteiger partial charge on any atom is -0.328 e. The summed E-state index contributed by atoms with van der Waals surface area (Å²) in [7, 11) is 0. The van der Waals surface area contributed by atoms with Crippen LogP contribution in [0.15, 0.2) is 18.2 Å². The van der Waals surface area contributed by atoms with Gasteiger partial charge in [0.1, 0.15) is 0 Å². The molecule has 0 heterocycles. The fourth-order valence-electron chi connectivity index (χ4n) is 1.04. The van der Waals surface area contributed by atoms with Crippen molar-refractivity contribution >= 4 is 34.2 Å². The second kappa shape index (κ2) is 4.44. The molecular formula is C9H11ClIN. The van der Waals surface area contributed by atoms with Gasteiger partial charge in [-0.25, -0.2) is 0 Å². The average molecular weight is 296 g/mol. The number of hydrogen-bond donors (Lipinski definition) is 1. The van der Waals surface area contributed by atoms with E-state index in [-0.39, 0.29) is 6.04 Å². The summed E-state index contributed by atoms with van der Waals surface area (Å²) in [4.78, 5) is 0. The van der Waals surface area contributed by atoms with E-state index in [4.69, 9.17) is 17.3 Å². The normalized spacial score (nSPS) is 13.0. The summed E-state index contributed by atoms with van der Waals surface area (Å²) >= 11 is 8.10. The number of rotatable bonds is 2. The summed E-state index contributed by atoms with van der Waals surface area (Å²) in [6, 6.07) is 6.23. The van der Waals surface area contributed by atoms with Gasteiger partial charge in [-0.1, -0.05) is 17.7 Å². The van der Waals surface area contributed by atoms with E-state index >= 15 is 0 Å². The van der Waals surface area contributed by atoms with Gasteiger partial charge in [-0.05, 0) is 53.6 Å². The van der Waals surface area contributed by atoms with Gasteiger partial charge in [-0.3, -0.25) is 0 Å². The fourth-order valence-corrected chi connectivity index (χ4v) is 1.74. The van der Waals surface area contributed by atoms with Crippen LogP contribution >= 0.6 is 34.2 Å². The van der Waals surface area contributed by atoms with Gasteiger partial charge in [0, 0.05) is 9.61 Å². The zero-order valence-electron chi connectivity index (χ0n) is 6.85. The predicted molar refractivity (Wildman–Crippen MR) is 61.5 cm³/mol. The highest BCUT2D eigenvalue weighted by atomic mass is 127. The third kappa shape index (κ3) is 2.92. The van der Waals surface area contributed by atoms with Crippen LogP contribution in [-0.2, 0) is 6.42 Å². The van der Waals surface area contributed by atoms with Gasteiger partial charge in [0.25, 0.3) is 0 Å². The Bertz CT molecular complexity index is 273. The maximum absolute atomic E-state index is 5.88. The summed E-state index contributed by atoms with van der Waals surface area (Å²) in [6.45, 7) is 2.00. The van der Waals surface area contributed by atoms with Crippen LogP contribution in [-0.4, -0.2) is 6.04 Å². The number of nitrogens with two attached hydrogens (primary N) is 1. The first-order valence-electron chi connectivity index (χ1n) is 3.79. The first-order valence-corrected chi connectivity index (χ1v) is 5.25. The summed E-state index contributed by atoms with van der Waals surface area (Å²) in [5.74, 6) is 0. The minimum absolute atomic E-state index is 0.210. The molecule has 1 aromatic carbocycles. The molecule has 0 bridgehead atoms. The van der Waals surface area contributed by atoms with Crippen LogP contribution in [0.1, 0.15) is 12.5 Å². The van der Waals surface area contributed by atoms with Gasteiger partial charge in [-0.2, -0.15) is 0 Å². The molecule has 12 heavy (non-hydrogen) atoms. The van der Waals surface area contributed by atoms with E-state index in [1.165, 1.54) is 5.56 Å². The van der Waals surface area contributed by atoms with Crippen molar-refractivity contribution in [3.8, 4) is 0 Å². The third-order valence-electron chi connectivity index (χ3n) is 1.54. The van der Waals surface area contributed by atoms with Crippen LogP contribution in [0.3, 0.4) is 0 Å². The van der Waals surface area contributed by atoms with E-state index < -0.39 is 0 Å². The highest BCUT2D eigenvalue weighted by molar-refractivity contribution is 14.1. The Morgan fingerprint density at radius 2 is 2.25 bits per heavy atom. The summed E-state index contributed by atoms with van der Waals surface area (Å²) in [5, 5.41) is 0.809. The third-order valence-corrected chi connectivity index (χ3v) is 3.08. The van der Waals surface area contributed by atoms with Crippen LogP contribution < -0.4 is 5.73 Å². The Kier molecular flexibility index (Phi) is 3.80. The monoisotopic (exact) mass is 295 g/mol. The minimum atomic E-state index is 0.210. The smallest absolute Gasteiger partial charge is 0.0539 e. The van der Waals surface area contributed by atoms with E-state index in [0.717, 1.165) is 15.0 Å². The standard InChI is InChI=1S/C9H11ClIN/c1-6(12)4-7-2-3-8(10)9(11)5-7/h2-3,5-6H,4,12H2,1H3/t6-/m0/s1. The zero-order chi connectivity index (χ0) is 9.14. The molecule has 0 fully saturated rings. The second-order valence-electron chi connectivity index (χ2n) is 2.93. The lowest BCUT2D eigenvalue weighted by Crippen LogP contribution is -2.17. The van der Waals surface area contributed by atoms with Crippen molar-refractivity contribution in [1.82, 2.24) is 0 Å². The van der Waals surface area contributed by atoms with Crippen molar-refractivity contribution in [2.45, 2.75) is 19.4 Å². The molecule has 2 N–H and O–H groups in total. The maximum atomic E-state index is 5.88. The Morgan fingerprint density at radius 3 is 2.75 bits per heavy atom. The topological polar surface area (TPSA) is 26.0 Å². The van der Waals surface area contributed by atoms with Gasteiger partial charge >= 0.3 is 0 Å². The van der Waals surface area contributed by atoms with E-state index in [1.54, 1.807) is 0 Å². The lowest BCUT2D eigenvalue weighted by Gasteiger charge is -2.05. The molecule has 0 spiro atoms. The highest BCUT2D eigenvalue weighted by Crippen LogP contribution is 2.19. The number of benzene rings is 1. The lowest BCUT2D eigenvalue weighted by molar-refractivity contribution is 0.738. The van der Waals surface area contributed by atoms with Crippen LogP contribution in [0.4, 0.5) is 0 Å². The summed E-state index contributed by atoms with van der Waals surface area (Å²) in [5.41, 5.74) is 6.93. The Labute approximate surface area is 91.4 Å². The fraction of sp³-hybridized carbons (Fsp3) is 0.333. The van der Waals surface area contributed by atoms with Gasteiger partial charge in [0.15, 0.2) is 0 Å². The Hall–Kier alpha value is 0.200. The maximum Gasteiger partial charge on any atom is 0.0539 e. The van der Waals surface area contributed by atoms with E-state index in [0.29, 0.717) is 0 Å². The zero-order valence-corrected chi connectivity index (χ0v) is 9.76. The molecule has 1 aromatic rings. The quantitative estimate of drug-likeness (QED) is 0.834. The Morgan fingerprint density at radius 1 is 1.58 bits per heavy atom. The molecule has 0 aromatic heterocycles. The Balaban J connectivity index is 2.82. The van der Waals surface area contributed by atoms with E-state index in [9.17, 15) is 0 Å². The van der Waals surface area contributed by atoms with Gasteiger partial charge < -0.3 is 5.73 Å². The molecule has 0 saturated carbocycles. The van der Waals surface area contributed by atoms with Crippen molar-refractivity contribution in [2.75, 3.05) is 0 Å². The van der Waals surface area contributed by atoms with Gasteiger partial charge in [0.05, 0.1) is 5.02 Å². The molecule has 3 heteroatoms. The number of hydrogen-bond acceptors (Lipinski definition) is 1. The van der Waals surface area contributed by atoms with Crippen molar-refractivity contribution < 1.29 is 0 Å². The van der Waals surface area contributed by atoms with E-state index in [2.05, 4.69) is 28.7 Å². The summed E-state index contributed by atoms with van der Waals surface area (Å²) in [6.07, 6.45) is 0.910. The van der Waals surface area contributed by atoms with Crippen molar-refractivity contribution in [1.29, 1.82) is 0 Å². The molecule has 0 aliphatic rings. The van der Waals surface area contributed by atoms with E-state index in [1.807, 2.05) is 19.1 Å². The van der Waals surface area contributed by atoms with Crippen LogP contribution in [0, 0.1) is 3.57 Å². The van der Waals surface area contributed by atoms with Crippen molar-refractivity contribution in [3.05, 3.63) is 32.4 Å². The largest absolute Gasteiger partial charge is 0.328 e. The molecule has 0 aliphatic carbocycles. The molecule has 1 nitrogen and oxygen atoms in total. The molecular weight excluding hydrogens is 284 g/mol. The average Bonchev–Trinajstić information content (AvgIpc) is 1.96. The summed E-state index contributed by atoms with van der Waals surface area (Å²) < 4.78 is 1.09. The predicted octanol–water partition coefficient (Wildman–Crippen LogP) is 2.83. The first-order chi connectivity index (χ1) is 5.59. The molecule has 1 atom stereocenters. The van der Waals surface area contributed by atoms with Crippen molar-refractivity contribution in [3.63, 3.8) is 0 Å². The van der Waals surface area contributed by atoms with Crippen molar-refractivity contribution in [2.24, 2.45) is 5.73 Å². The molecule has 0 aliphatic heterocycles. The molecule has 0 radical (unpaired) electrons. The van der Waals surface area contributed by atoms with Gasteiger partial charge in [0.2, 0.25) is 0 Å².